The topological polar surface area (TPSA) is 21.6 Å². The molecule has 0 bridgehead atoms. The lowest BCUT2D eigenvalue weighted by atomic mass is 10.1. The van der Waals surface area contributed by atoms with Gasteiger partial charge in [0, 0.05) is 0 Å². The second kappa shape index (κ2) is 8.75. The number of nitrogens with zero attached hydrogens (tertiary/aromatic N) is 1. The van der Waals surface area contributed by atoms with E-state index in [1.807, 2.05) is 48.6 Å². The van der Waals surface area contributed by atoms with E-state index < -0.39 is 0 Å². The van der Waals surface area contributed by atoms with E-state index in [1.165, 1.54) is 5.56 Å². The molecule has 2 aromatic carbocycles. The molecule has 0 aliphatic heterocycles. The smallest absolute Gasteiger partial charge is 0.152 e. The number of oxime groups is 1. The molecule has 0 saturated heterocycles. The van der Waals surface area contributed by atoms with Crippen LogP contribution >= 0.6 is 0 Å². The summed E-state index contributed by atoms with van der Waals surface area (Å²) in [6, 6.07) is 20.4. The van der Waals surface area contributed by atoms with Crippen molar-refractivity contribution in [2.45, 2.75) is 25.9 Å². The van der Waals surface area contributed by atoms with Crippen molar-refractivity contribution in [3.8, 4) is 0 Å². The summed E-state index contributed by atoms with van der Waals surface area (Å²) in [4.78, 5) is 5.62. The predicted octanol–water partition coefficient (Wildman–Crippen LogP) is 5.24. The van der Waals surface area contributed by atoms with Gasteiger partial charge in [-0.05, 0) is 23.6 Å². The van der Waals surface area contributed by atoms with Crippen molar-refractivity contribution in [2.24, 2.45) is 5.16 Å². The fourth-order valence-electron chi connectivity index (χ4n) is 2.07. The maximum absolute atomic E-state index is 5.62. The van der Waals surface area contributed by atoms with Crippen molar-refractivity contribution < 1.29 is 4.84 Å². The summed E-state index contributed by atoms with van der Waals surface area (Å²) in [6.07, 6.45) is 7.64. The fraction of sp³-hybridized carbons (Fsp3) is 0.211. The highest BCUT2D eigenvalue weighted by Gasteiger charge is 2.10. The number of hydrogen-bond donors (Lipinski definition) is 0. The van der Waals surface area contributed by atoms with Crippen molar-refractivity contribution in [3.05, 3.63) is 77.9 Å². The average molecular weight is 279 g/mol. The van der Waals surface area contributed by atoms with Gasteiger partial charge in [0.15, 0.2) is 6.10 Å². The first-order chi connectivity index (χ1) is 10.4. The molecule has 2 heteroatoms. The molecule has 2 rings (SSSR count). The molecular weight excluding hydrogens is 258 g/mol. The van der Waals surface area contributed by atoms with Crippen LogP contribution in [0.4, 0.5) is 0 Å². The van der Waals surface area contributed by atoms with Crippen molar-refractivity contribution in [2.75, 3.05) is 0 Å². The summed E-state index contributed by atoms with van der Waals surface area (Å²) >= 11 is 0. The van der Waals surface area contributed by atoms with Crippen LogP contribution < -0.4 is 0 Å². The average Bonchev–Trinajstić information content (AvgIpc) is 2.55. The molecule has 0 aromatic heterocycles. The molecule has 0 unspecified atom stereocenters. The van der Waals surface area contributed by atoms with Gasteiger partial charge in [-0.15, -0.1) is 0 Å². The Balaban J connectivity index is 1.90. The Bertz CT molecular complexity index is 561. The van der Waals surface area contributed by atoms with Gasteiger partial charge in [0.2, 0.25) is 0 Å². The number of allylic oxidation sites excluding steroid dienone is 1. The third kappa shape index (κ3) is 5.27. The lowest BCUT2D eigenvalue weighted by molar-refractivity contribution is 0.0529. The second-order valence-electron chi connectivity index (χ2n) is 4.82. The Labute approximate surface area is 126 Å². The van der Waals surface area contributed by atoms with E-state index >= 15 is 0 Å². The lowest BCUT2D eigenvalue weighted by Gasteiger charge is -2.13. The summed E-state index contributed by atoms with van der Waals surface area (Å²) in [7, 11) is 0. The van der Waals surface area contributed by atoms with Gasteiger partial charge in [-0.1, -0.05) is 85.2 Å². The Morgan fingerprint density at radius 2 is 1.67 bits per heavy atom. The molecule has 0 saturated carbocycles. The van der Waals surface area contributed by atoms with Crippen molar-refractivity contribution in [3.63, 3.8) is 0 Å². The van der Waals surface area contributed by atoms with Crippen LogP contribution in [0.15, 0.2) is 71.9 Å². The molecule has 21 heavy (non-hydrogen) atoms. The molecule has 2 nitrogen and oxygen atoms in total. The van der Waals surface area contributed by atoms with E-state index in [4.69, 9.17) is 4.84 Å². The van der Waals surface area contributed by atoms with E-state index in [1.54, 1.807) is 6.21 Å². The standard InChI is InChI=1S/C19H21NO/c1-2-10-19(18-14-7-4-8-15-18)21-20-16-9-13-17-11-5-3-6-12-17/h3-9,11-16,19H,2,10H2,1H3/b13-9+,20-16+/t19-/m1/s1. The quantitative estimate of drug-likeness (QED) is 0.501. The highest BCUT2D eigenvalue weighted by Crippen LogP contribution is 2.22. The molecule has 0 heterocycles. The molecule has 0 fully saturated rings. The summed E-state index contributed by atoms with van der Waals surface area (Å²) < 4.78 is 0. The second-order valence-corrected chi connectivity index (χ2v) is 4.82. The summed E-state index contributed by atoms with van der Waals surface area (Å²) in [5.41, 5.74) is 2.32. The summed E-state index contributed by atoms with van der Waals surface area (Å²) in [5.74, 6) is 0. The van der Waals surface area contributed by atoms with Crippen LogP contribution in [0.1, 0.15) is 37.0 Å². The van der Waals surface area contributed by atoms with E-state index in [0.717, 1.165) is 18.4 Å². The largest absolute Gasteiger partial charge is 0.388 e. The molecule has 0 spiro atoms. The van der Waals surface area contributed by atoms with E-state index in [9.17, 15) is 0 Å². The maximum atomic E-state index is 5.62. The van der Waals surface area contributed by atoms with Gasteiger partial charge in [0.25, 0.3) is 0 Å². The van der Waals surface area contributed by atoms with E-state index in [0.29, 0.717) is 0 Å². The van der Waals surface area contributed by atoms with Gasteiger partial charge in [-0.2, -0.15) is 0 Å². The summed E-state index contributed by atoms with van der Waals surface area (Å²) in [6.45, 7) is 2.15. The SMILES string of the molecule is CCC[C@@H](O/N=C/C=C/c1ccccc1)c1ccccc1. The van der Waals surface area contributed by atoms with Crippen LogP contribution in [-0.4, -0.2) is 6.21 Å². The minimum atomic E-state index is 0.0255. The fourth-order valence-corrected chi connectivity index (χ4v) is 2.07. The monoisotopic (exact) mass is 279 g/mol. The minimum Gasteiger partial charge on any atom is -0.388 e. The Morgan fingerprint density at radius 3 is 2.33 bits per heavy atom. The van der Waals surface area contributed by atoms with Gasteiger partial charge < -0.3 is 4.84 Å². The molecule has 1 atom stereocenters. The molecule has 0 radical (unpaired) electrons. The Morgan fingerprint density at radius 1 is 1.00 bits per heavy atom. The number of rotatable bonds is 7. The van der Waals surface area contributed by atoms with Crippen LogP contribution in [0, 0.1) is 0 Å². The van der Waals surface area contributed by atoms with Gasteiger partial charge in [0.1, 0.15) is 0 Å². The van der Waals surface area contributed by atoms with E-state index in [-0.39, 0.29) is 6.10 Å². The maximum Gasteiger partial charge on any atom is 0.152 e. The normalized spacial score (nSPS) is 12.8. The molecule has 0 aliphatic carbocycles. The van der Waals surface area contributed by atoms with Gasteiger partial charge in [-0.25, -0.2) is 0 Å². The first-order valence-electron chi connectivity index (χ1n) is 7.36. The highest BCUT2D eigenvalue weighted by atomic mass is 16.6. The third-order valence-electron chi connectivity index (χ3n) is 3.15. The number of hydrogen-bond acceptors (Lipinski definition) is 2. The Kier molecular flexibility index (Phi) is 6.27. The zero-order valence-corrected chi connectivity index (χ0v) is 12.4. The van der Waals surface area contributed by atoms with Crippen molar-refractivity contribution in [1.29, 1.82) is 0 Å². The van der Waals surface area contributed by atoms with Crippen molar-refractivity contribution >= 4 is 12.3 Å². The molecule has 0 amide bonds. The zero-order valence-electron chi connectivity index (χ0n) is 12.4. The summed E-state index contributed by atoms with van der Waals surface area (Å²) in [5, 5.41) is 4.07. The van der Waals surface area contributed by atoms with Crippen LogP contribution in [0.5, 0.6) is 0 Å². The molecule has 2 aromatic rings. The first-order valence-corrected chi connectivity index (χ1v) is 7.36. The highest BCUT2D eigenvalue weighted by molar-refractivity contribution is 5.77. The number of benzene rings is 2. The zero-order chi connectivity index (χ0) is 14.8. The predicted molar refractivity (Wildman–Crippen MR) is 89.1 cm³/mol. The third-order valence-corrected chi connectivity index (χ3v) is 3.15. The van der Waals surface area contributed by atoms with Crippen LogP contribution in [0.25, 0.3) is 6.08 Å². The van der Waals surface area contributed by atoms with E-state index in [2.05, 4.69) is 36.3 Å². The Hall–Kier alpha value is -2.35. The van der Waals surface area contributed by atoms with Crippen LogP contribution in [-0.2, 0) is 4.84 Å². The molecule has 108 valence electrons. The molecule has 0 aliphatic rings. The first kappa shape index (κ1) is 15.0. The minimum absolute atomic E-state index is 0.0255. The lowest BCUT2D eigenvalue weighted by Crippen LogP contribution is -2.00. The molecule has 0 N–H and O–H groups in total. The van der Waals surface area contributed by atoms with Crippen LogP contribution in [0.3, 0.4) is 0 Å². The van der Waals surface area contributed by atoms with Gasteiger partial charge in [0.05, 0.1) is 6.21 Å². The van der Waals surface area contributed by atoms with Gasteiger partial charge in [-0.3, -0.25) is 0 Å². The van der Waals surface area contributed by atoms with Gasteiger partial charge >= 0.3 is 0 Å². The van der Waals surface area contributed by atoms with Crippen molar-refractivity contribution in [1.82, 2.24) is 0 Å². The van der Waals surface area contributed by atoms with Crippen LogP contribution in [0.2, 0.25) is 0 Å². The molecular formula is C19H21NO.